The number of nitro benzene ring substituents is 2. The van der Waals surface area contributed by atoms with Crippen molar-refractivity contribution in [2.75, 3.05) is 13.2 Å². The number of hydrogen-bond acceptors (Lipinski definition) is 6. The maximum absolute atomic E-state index is 11.6. The van der Waals surface area contributed by atoms with Crippen LogP contribution in [0.3, 0.4) is 0 Å². The van der Waals surface area contributed by atoms with E-state index in [-0.39, 0.29) is 13.2 Å². The Kier molecular flexibility index (Phi) is 7.87. The van der Waals surface area contributed by atoms with Crippen LogP contribution < -0.4 is 5.32 Å². The van der Waals surface area contributed by atoms with Crippen molar-refractivity contribution in [3.05, 3.63) is 42.9 Å². The number of carbonyl (C=O) groups excluding carboxylic acids is 1. The Morgan fingerprint density at radius 1 is 1.29 bits per heavy atom. The second-order valence-electron chi connectivity index (χ2n) is 3.32. The lowest BCUT2D eigenvalue weighted by atomic mass is 10.1. The molecule has 21 heavy (non-hydrogen) atoms. The summed E-state index contributed by atoms with van der Waals surface area (Å²) in [6.45, 7) is 3.55. The second-order valence-corrected chi connectivity index (χ2v) is 3.70. The third-order valence-corrected chi connectivity index (χ3v) is 2.48. The fourth-order valence-corrected chi connectivity index (χ4v) is 1.53. The van der Waals surface area contributed by atoms with Crippen molar-refractivity contribution in [1.29, 1.82) is 0 Å². The van der Waals surface area contributed by atoms with Crippen LogP contribution >= 0.6 is 11.6 Å². The minimum absolute atomic E-state index is 0.106. The van der Waals surface area contributed by atoms with Crippen LogP contribution in [-0.4, -0.2) is 34.0 Å². The number of non-ortho nitro benzene ring substituents is 1. The number of hydrogen-bond donors (Lipinski definition) is 2. The van der Waals surface area contributed by atoms with Gasteiger partial charge in [-0.15, -0.1) is 0 Å². The normalized spacial score (nSPS) is 9.33. The molecule has 0 atom stereocenters. The number of amides is 1. The van der Waals surface area contributed by atoms with Gasteiger partial charge in [0.1, 0.15) is 5.02 Å². The van der Waals surface area contributed by atoms with Crippen LogP contribution in [0.4, 0.5) is 11.4 Å². The summed E-state index contributed by atoms with van der Waals surface area (Å²) in [5.41, 5.74) is -1.74. The van der Waals surface area contributed by atoms with Gasteiger partial charge in [0, 0.05) is 12.6 Å². The summed E-state index contributed by atoms with van der Waals surface area (Å²) in [7, 11) is 0. The molecule has 0 aliphatic heterocycles. The molecule has 0 unspecified atom stereocenters. The van der Waals surface area contributed by atoms with Crippen molar-refractivity contribution in [1.82, 2.24) is 5.32 Å². The third-order valence-electron chi connectivity index (χ3n) is 2.09. The summed E-state index contributed by atoms with van der Waals surface area (Å²) in [5, 5.41) is 31.6. The van der Waals surface area contributed by atoms with Crippen LogP contribution in [0.25, 0.3) is 0 Å². The molecule has 10 heteroatoms. The van der Waals surface area contributed by atoms with Crippen molar-refractivity contribution in [3.8, 4) is 0 Å². The lowest BCUT2D eigenvalue weighted by Crippen LogP contribution is -2.26. The Morgan fingerprint density at radius 3 is 2.29 bits per heavy atom. The fourth-order valence-electron chi connectivity index (χ4n) is 1.26. The monoisotopic (exact) mass is 319 g/mol. The topological polar surface area (TPSA) is 136 Å². The highest BCUT2D eigenvalue weighted by Crippen LogP contribution is 2.32. The zero-order valence-electron chi connectivity index (χ0n) is 11.3. The molecule has 9 nitrogen and oxygen atoms in total. The molecule has 116 valence electrons. The van der Waals surface area contributed by atoms with Gasteiger partial charge in [0.05, 0.1) is 28.1 Å². The number of aliphatic hydroxyl groups excluding tert-OH is 1. The van der Waals surface area contributed by atoms with E-state index in [9.17, 15) is 25.0 Å². The minimum atomic E-state index is -0.918. The van der Waals surface area contributed by atoms with Gasteiger partial charge >= 0.3 is 0 Å². The van der Waals surface area contributed by atoms with Gasteiger partial charge in [-0.1, -0.05) is 25.4 Å². The number of nitrogens with zero attached hydrogens (tertiary/aromatic N) is 2. The van der Waals surface area contributed by atoms with Crippen LogP contribution in [0.1, 0.15) is 24.2 Å². The number of benzene rings is 1. The number of nitrogens with one attached hydrogen (secondary N) is 1. The molecule has 0 aromatic heterocycles. The van der Waals surface area contributed by atoms with E-state index in [1.165, 1.54) is 0 Å². The molecule has 0 heterocycles. The predicted molar refractivity (Wildman–Crippen MR) is 75.5 cm³/mol. The van der Waals surface area contributed by atoms with E-state index < -0.39 is 37.7 Å². The molecule has 1 rings (SSSR count). The fraction of sp³-hybridized carbons (Fsp3) is 0.364. The molecule has 0 bridgehead atoms. The molecule has 0 radical (unpaired) electrons. The van der Waals surface area contributed by atoms with E-state index in [0.29, 0.717) is 6.07 Å². The van der Waals surface area contributed by atoms with Crippen molar-refractivity contribution in [2.24, 2.45) is 0 Å². The van der Waals surface area contributed by atoms with Gasteiger partial charge in [-0.2, -0.15) is 0 Å². The van der Waals surface area contributed by atoms with Crippen LogP contribution in [-0.2, 0) is 0 Å². The molecule has 0 saturated carbocycles. The van der Waals surface area contributed by atoms with Crippen LogP contribution in [0.5, 0.6) is 0 Å². The van der Waals surface area contributed by atoms with Gasteiger partial charge in [-0.3, -0.25) is 25.0 Å². The van der Waals surface area contributed by atoms with Gasteiger partial charge in [-0.25, -0.2) is 0 Å². The van der Waals surface area contributed by atoms with Gasteiger partial charge in [-0.05, 0) is 0 Å². The van der Waals surface area contributed by atoms with Gasteiger partial charge in [0.15, 0.2) is 0 Å². The van der Waals surface area contributed by atoms with E-state index in [4.69, 9.17) is 16.7 Å². The maximum atomic E-state index is 11.6. The van der Waals surface area contributed by atoms with E-state index in [2.05, 4.69) is 5.32 Å². The number of aliphatic hydroxyl groups is 1. The lowest BCUT2D eigenvalue weighted by Gasteiger charge is -2.05. The summed E-state index contributed by atoms with van der Waals surface area (Å²) >= 11 is 5.67. The maximum Gasteiger partial charge on any atom is 0.295 e. The number of carbonyl (C=O) groups is 1. The molecular formula is C11H14ClN3O6. The van der Waals surface area contributed by atoms with E-state index >= 15 is 0 Å². The first-order valence-corrected chi connectivity index (χ1v) is 6.27. The molecule has 0 saturated heterocycles. The molecule has 0 spiro atoms. The smallest absolute Gasteiger partial charge is 0.295 e. The van der Waals surface area contributed by atoms with Crippen molar-refractivity contribution in [2.45, 2.75) is 13.8 Å². The summed E-state index contributed by atoms with van der Waals surface area (Å²) in [5.74, 6) is -0.842. The molecule has 0 fully saturated rings. The van der Waals surface area contributed by atoms with E-state index in [1.54, 1.807) is 0 Å². The standard InChI is InChI=1S/C9H8ClN3O6.C2H6/c10-8-6(9(15)11-1-2-14)3-5(12(16)17)4-7(8)13(18)19;1-2/h3-4,14H,1-2H2,(H,11,15);1-2H3. The first-order valence-electron chi connectivity index (χ1n) is 5.90. The van der Waals surface area contributed by atoms with Crippen LogP contribution in [0, 0.1) is 20.2 Å². The lowest BCUT2D eigenvalue weighted by molar-refractivity contribution is -0.394. The second kappa shape index (κ2) is 8.82. The van der Waals surface area contributed by atoms with Crippen LogP contribution in [0.15, 0.2) is 12.1 Å². The number of halogens is 1. The zero-order valence-corrected chi connectivity index (χ0v) is 12.1. The summed E-state index contributed by atoms with van der Waals surface area (Å²) < 4.78 is 0. The Balaban J connectivity index is 0.00000191. The molecule has 1 aromatic rings. The number of nitro groups is 2. The van der Waals surface area contributed by atoms with Gasteiger partial charge < -0.3 is 10.4 Å². The largest absolute Gasteiger partial charge is 0.395 e. The van der Waals surface area contributed by atoms with Gasteiger partial charge in [0.2, 0.25) is 0 Å². The molecule has 1 amide bonds. The SMILES string of the molecule is CC.O=C(NCCO)c1cc([N+](=O)[O-])cc([N+](=O)[O-])c1Cl. The Morgan fingerprint density at radius 2 is 1.86 bits per heavy atom. The first-order chi connectivity index (χ1) is 9.88. The number of rotatable bonds is 5. The Bertz CT molecular complexity index is 549. The Labute approximate surface area is 124 Å². The van der Waals surface area contributed by atoms with Crippen molar-refractivity contribution < 1.29 is 19.7 Å². The van der Waals surface area contributed by atoms with E-state index in [0.717, 1.165) is 6.07 Å². The molecule has 1 aromatic carbocycles. The first kappa shape index (κ1) is 18.7. The minimum Gasteiger partial charge on any atom is -0.395 e. The predicted octanol–water partition coefficient (Wildman–Crippen LogP) is 1.90. The summed E-state index contributed by atoms with van der Waals surface area (Å²) in [6, 6.07) is 1.51. The van der Waals surface area contributed by atoms with Crippen molar-refractivity contribution in [3.63, 3.8) is 0 Å². The van der Waals surface area contributed by atoms with E-state index in [1.807, 2.05) is 13.8 Å². The van der Waals surface area contributed by atoms with Crippen LogP contribution in [0.2, 0.25) is 5.02 Å². The zero-order chi connectivity index (χ0) is 16.6. The highest BCUT2D eigenvalue weighted by Gasteiger charge is 2.26. The molecule has 0 aliphatic rings. The highest BCUT2D eigenvalue weighted by molar-refractivity contribution is 6.36. The molecule has 0 aliphatic carbocycles. The average Bonchev–Trinajstić information content (AvgIpc) is 2.46. The Hall–Kier alpha value is -2.26. The average molecular weight is 320 g/mol. The third kappa shape index (κ3) is 4.97. The van der Waals surface area contributed by atoms with Gasteiger partial charge in [0.25, 0.3) is 17.3 Å². The highest BCUT2D eigenvalue weighted by atomic mass is 35.5. The summed E-state index contributed by atoms with van der Waals surface area (Å²) in [4.78, 5) is 31.2. The summed E-state index contributed by atoms with van der Waals surface area (Å²) in [6.07, 6.45) is 0. The molecule has 2 N–H and O–H groups in total. The quantitative estimate of drug-likeness (QED) is 0.628. The van der Waals surface area contributed by atoms with Crippen molar-refractivity contribution >= 4 is 28.9 Å². The molecular weight excluding hydrogens is 306 g/mol.